The predicted octanol–water partition coefficient (Wildman–Crippen LogP) is 2.54. The van der Waals surface area contributed by atoms with Gasteiger partial charge in [0, 0.05) is 0 Å². The molecule has 0 fully saturated rings. The first-order chi connectivity index (χ1) is 9.77. The van der Waals surface area contributed by atoms with Crippen molar-refractivity contribution in [1.82, 2.24) is 9.78 Å². The minimum Gasteiger partial charge on any atom is -0.386 e. The van der Waals surface area contributed by atoms with E-state index < -0.39 is 22.8 Å². The molecule has 0 saturated heterocycles. The molecule has 0 spiro atoms. The maximum absolute atomic E-state index is 12.4. The van der Waals surface area contributed by atoms with Crippen molar-refractivity contribution in [2.45, 2.75) is 18.8 Å². The summed E-state index contributed by atoms with van der Waals surface area (Å²) < 4.78 is 38.4. The van der Waals surface area contributed by atoms with Gasteiger partial charge in [-0.05, 0) is 17.7 Å². The van der Waals surface area contributed by atoms with Crippen LogP contribution in [0.3, 0.4) is 0 Å². The number of hydrogen-bond acceptors (Lipinski definition) is 4. The highest BCUT2D eigenvalue weighted by Gasteiger charge is 2.30. The SMILES string of the molecule is O=[N+]([O-])c1cnn(C[C@H](O)c2ccc(C(F)(F)F)cc2)c1. The Morgan fingerprint density at radius 3 is 2.43 bits per heavy atom. The number of benzene rings is 1. The Hall–Kier alpha value is -2.42. The molecule has 1 atom stereocenters. The summed E-state index contributed by atoms with van der Waals surface area (Å²) in [5.41, 5.74) is -0.774. The molecule has 1 heterocycles. The number of alkyl halides is 3. The molecule has 1 N–H and O–H groups in total. The Morgan fingerprint density at radius 1 is 1.33 bits per heavy atom. The number of halogens is 3. The zero-order chi connectivity index (χ0) is 15.6. The molecule has 0 aliphatic carbocycles. The van der Waals surface area contributed by atoms with Gasteiger partial charge in [-0.25, -0.2) is 0 Å². The van der Waals surface area contributed by atoms with Crippen LogP contribution in [0.4, 0.5) is 18.9 Å². The van der Waals surface area contributed by atoms with Crippen LogP contribution in [-0.2, 0) is 12.7 Å². The minimum atomic E-state index is -4.44. The lowest BCUT2D eigenvalue weighted by Gasteiger charge is -2.12. The van der Waals surface area contributed by atoms with E-state index >= 15 is 0 Å². The van der Waals surface area contributed by atoms with Gasteiger partial charge in [-0.3, -0.25) is 14.8 Å². The van der Waals surface area contributed by atoms with E-state index in [9.17, 15) is 28.4 Å². The fourth-order valence-electron chi connectivity index (χ4n) is 1.72. The molecule has 6 nitrogen and oxygen atoms in total. The van der Waals surface area contributed by atoms with Crippen LogP contribution in [0.15, 0.2) is 36.7 Å². The van der Waals surface area contributed by atoms with Gasteiger partial charge >= 0.3 is 11.9 Å². The normalized spacial score (nSPS) is 13.1. The van der Waals surface area contributed by atoms with Crippen molar-refractivity contribution in [3.8, 4) is 0 Å². The Balaban J connectivity index is 2.09. The van der Waals surface area contributed by atoms with E-state index in [-0.39, 0.29) is 17.8 Å². The average molecular weight is 301 g/mol. The Kier molecular flexibility index (Phi) is 3.94. The molecule has 0 aliphatic heterocycles. The van der Waals surface area contributed by atoms with E-state index in [1.165, 1.54) is 0 Å². The average Bonchev–Trinajstić information content (AvgIpc) is 2.86. The molecule has 112 valence electrons. The van der Waals surface area contributed by atoms with Crippen molar-refractivity contribution in [1.29, 1.82) is 0 Å². The first-order valence-corrected chi connectivity index (χ1v) is 5.79. The van der Waals surface area contributed by atoms with Gasteiger partial charge < -0.3 is 5.11 Å². The van der Waals surface area contributed by atoms with Crippen molar-refractivity contribution in [3.05, 3.63) is 57.9 Å². The third-order valence-corrected chi connectivity index (χ3v) is 2.81. The van der Waals surface area contributed by atoms with Crippen molar-refractivity contribution in [3.63, 3.8) is 0 Å². The summed E-state index contributed by atoms with van der Waals surface area (Å²) in [6.45, 7) is -0.0980. The van der Waals surface area contributed by atoms with Crippen LogP contribution in [0.2, 0.25) is 0 Å². The zero-order valence-corrected chi connectivity index (χ0v) is 10.5. The van der Waals surface area contributed by atoms with Crippen LogP contribution in [-0.4, -0.2) is 19.8 Å². The van der Waals surface area contributed by atoms with Crippen molar-refractivity contribution < 1.29 is 23.2 Å². The van der Waals surface area contributed by atoms with Gasteiger partial charge in [-0.1, -0.05) is 12.1 Å². The smallest absolute Gasteiger partial charge is 0.386 e. The summed E-state index contributed by atoms with van der Waals surface area (Å²) in [5, 5.41) is 24.1. The molecule has 2 aromatic rings. The number of hydrogen-bond donors (Lipinski definition) is 1. The maximum atomic E-state index is 12.4. The number of aliphatic hydroxyl groups excluding tert-OH is 1. The number of nitro groups is 1. The third kappa shape index (κ3) is 3.57. The van der Waals surface area contributed by atoms with Crippen LogP contribution < -0.4 is 0 Å². The fraction of sp³-hybridized carbons (Fsp3) is 0.250. The highest BCUT2D eigenvalue weighted by molar-refractivity contribution is 5.26. The monoisotopic (exact) mass is 301 g/mol. The summed E-state index contributed by atoms with van der Waals surface area (Å²) in [7, 11) is 0. The molecule has 21 heavy (non-hydrogen) atoms. The van der Waals surface area contributed by atoms with Crippen molar-refractivity contribution in [2.24, 2.45) is 0 Å². The second kappa shape index (κ2) is 5.52. The van der Waals surface area contributed by atoms with E-state index in [2.05, 4.69) is 5.10 Å². The standard InChI is InChI=1S/C12H10F3N3O3/c13-12(14,15)9-3-1-8(2-4-9)11(19)7-17-6-10(5-16-17)18(20)21/h1-6,11,19H,7H2/t11-/m0/s1. The maximum Gasteiger partial charge on any atom is 0.416 e. The van der Waals surface area contributed by atoms with Crippen LogP contribution in [0.5, 0.6) is 0 Å². The highest BCUT2D eigenvalue weighted by Crippen LogP contribution is 2.30. The molecule has 0 saturated carbocycles. The first-order valence-electron chi connectivity index (χ1n) is 5.79. The molecule has 0 radical (unpaired) electrons. The molecule has 1 aromatic heterocycles. The summed E-state index contributed by atoms with van der Waals surface area (Å²) in [6.07, 6.45) is -3.40. The van der Waals surface area contributed by atoms with Crippen LogP contribution in [0, 0.1) is 10.1 Å². The summed E-state index contributed by atoms with van der Waals surface area (Å²) in [6, 6.07) is 4.05. The molecular weight excluding hydrogens is 291 g/mol. The molecule has 2 rings (SSSR count). The summed E-state index contributed by atoms with van der Waals surface area (Å²) in [5.74, 6) is 0. The topological polar surface area (TPSA) is 81.2 Å². The lowest BCUT2D eigenvalue weighted by molar-refractivity contribution is -0.385. The minimum absolute atomic E-state index is 0.0980. The molecule has 0 aliphatic rings. The lowest BCUT2D eigenvalue weighted by Crippen LogP contribution is -2.10. The van der Waals surface area contributed by atoms with Crippen molar-refractivity contribution in [2.75, 3.05) is 0 Å². The summed E-state index contributed by atoms with van der Waals surface area (Å²) in [4.78, 5) is 9.85. The Morgan fingerprint density at radius 2 is 1.95 bits per heavy atom. The van der Waals surface area contributed by atoms with E-state index in [0.717, 1.165) is 41.3 Å². The number of nitrogens with zero attached hydrogens (tertiary/aromatic N) is 3. The predicted molar refractivity (Wildman–Crippen MR) is 65.3 cm³/mol. The summed E-state index contributed by atoms with van der Waals surface area (Å²) >= 11 is 0. The van der Waals surface area contributed by atoms with Gasteiger partial charge in [-0.2, -0.15) is 18.3 Å². The van der Waals surface area contributed by atoms with E-state index in [1.807, 2.05) is 0 Å². The Labute approximate surface area is 116 Å². The molecule has 0 bridgehead atoms. The lowest BCUT2D eigenvalue weighted by atomic mass is 10.1. The van der Waals surface area contributed by atoms with Gasteiger partial charge in [0.25, 0.3) is 0 Å². The molecule has 0 unspecified atom stereocenters. The zero-order valence-electron chi connectivity index (χ0n) is 10.5. The van der Waals surface area contributed by atoms with Crippen molar-refractivity contribution >= 4 is 5.69 Å². The van der Waals surface area contributed by atoms with E-state index in [0.29, 0.717) is 0 Å². The van der Waals surface area contributed by atoms with Crippen LogP contribution >= 0.6 is 0 Å². The fourth-order valence-corrected chi connectivity index (χ4v) is 1.72. The first kappa shape index (κ1) is 15.0. The molecule has 1 aromatic carbocycles. The number of rotatable bonds is 4. The van der Waals surface area contributed by atoms with E-state index in [1.54, 1.807) is 0 Å². The Bertz CT molecular complexity index is 637. The third-order valence-electron chi connectivity index (χ3n) is 2.81. The van der Waals surface area contributed by atoms with Gasteiger partial charge in [-0.15, -0.1) is 0 Å². The van der Waals surface area contributed by atoms with Gasteiger partial charge in [0.15, 0.2) is 0 Å². The van der Waals surface area contributed by atoms with Gasteiger partial charge in [0.1, 0.15) is 12.4 Å². The number of aliphatic hydroxyl groups is 1. The second-order valence-electron chi connectivity index (χ2n) is 4.31. The van der Waals surface area contributed by atoms with Gasteiger partial charge in [0.05, 0.1) is 23.1 Å². The van der Waals surface area contributed by atoms with Crippen LogP contribution in [0.25, 0.3) is 0 Å². The second-order valence-corrected chi connectivity index (χ2v) is 4.31. The molecule has 9 heteroatoms. The largest absolute Gasteiger partial charge is 0.416 e. The quantitative estimate of drug-likeness (QED) is 0.695. The molecular formula is C12H10F3N3O3. The van der Waals surface area contributed by atoms with E-state index in [4.69, 9.17) is 0 Å². The van der Waals surface area contributed by atoms with Crippen LogP contribution in [0.1, 0.15) is 17.2 Å². The molecule has 0 amide bonds. The van der Waals surface area contributed by atoms with Gasteiger partial charge in [0.2, 0.25) is 0 Å². The number of aromatic nitrogens is 2. The highest BCUT2D eigenvalue weighted by atomic mass is 19.4.